The number of benzene rings is 1. The second-order valence-electron chi connectivity index (χ2n) is 3.51. The summed E-state index contributed by atoms with van der Waals surface area (Å²) in [5, 5.41) is 0. The van der Waals surface area contributed by atoms with Gasteiger partial charge in [-0.15, -0.1) is 0 Å². The average Bonchev–Trinajstić information content (AvgIpc) is 2.56. The van der Waals surface area contributed by atoms with Gasteiger partial charge in [0.25, 0.3) is 0 Å². The smallest absolute Gasteiger partial charge is 0.339 e. The number of carbonyl (C=O) groups excluding carboxylic acids is 1. The van der Waals surface area contributed by atoms with Gasteiger partial charge in [-0.2, -0.15) is 0 Å². The Balaban J connectivity index is 2.40. The summed E-state index contributed by atoms with van der Waals surface area (Å²) in [7, 11) is 0. The van der Waals surface area contributed by atoms with E-state index in [1.165, 1.54) is 0 Å². The molecule has 0 N–H and O–H groups in total. The Morgan fingerprint density at radius 3 is 2.71 bits per heavy atom. The first kappa shape index (κ1) is 12.8. The standard InChI is InChI=1S/C11H9Cl3O3/c1-2-16-6-3-4-7-8(5-6)10(15)17-9(7)11(12,13)14/h3-5,9H,2H2,1H3. The minimum absolute atomic E-state index is 0.382. The summed E-state index contributed by atoms with van der Waals surface area (Å²) in [5.74, 6) is 0.0889. The SMILES string of the molecule is CCOc1ccc2c(c1)C(=O)OC2C(Cl)(Cl)Cl. The quantitative estimate of drug-likeness (QED) is 0.617. The van der Waals surface area contributed by atoms with Crippen LogP contribution >= 0.6 is 34.8 Å². The number of rotatable bonds is 2. The van der Waals surface area contributed by atoms with Crippen molar-refractivity contribution in [2.75, 3.05) is 6.61 Å². The van der Waals surface area contributed by atoms with Crippen molar-refractivity contribution in [1.82, 2.24) is 0 Å². The first-order chi connectivity index (χ1) is 7.93. The van der Waals surface area contributed by atoms with Crippen LogP contribution in [0.15, 0.2) is 18.2 Å². The third-order valence-electron chi connectivity index (χ3n) is 2.36. The molecule has 6 heteroatoms. The minimum Gasteiger partial charge on any atom is -0.494 e. The molecule has 0 fully saturated rings. The second-order valence-corrected chi connectivity index (χ2v) is 5.88. The minimum atomic E-state index is -1.67. The lowest BCUT2D eigenvalue weighted by atomic mass is 10.1. The molecular formula is C11H9Cl3O3. The molecule has 2 rings (SSSR count). The molecule has 1 aliphatic heterocycles. The van der Waals surface area contributed by atoms with E-state index in [9.17, 15) is 4.79 Å². The summed E-state index contributed by atoms with van der Waals surface area (Å²) in [4.78, 5) is 11.6. The van der Waals surface area contributed by atoms with Gasteiger partial charge >= 0.3 is 5.97 Å². The Morgan fingerprint density at radius 2 is 2.12 bits per heavy atom. The monoisotopic (exact) mass is 294 g/mol. The Kier molecular flexibility index (Phi) is 3.43. The van der Waals surface area contributed by atoms with Crippen molar-refractivity contribution in [2.24, 2.45) is 0 Å². The van der Waals surface area contributed by atoms with Crippen LogP contribution in [0.2, 0.25) is 0 Å². The summed E-state index contributed by atoms with van der Waals surface area (Å²) in [6.07, 6.45) is -0.870. The lowest BCUT2D eigenvalue weighted by Gasteiger charge is -2.18. The molecule has 0 saturated carbocycles. The maximum absolute atomic E-state index is 11.6. The van der Waals surface area contributed by atoms with Crippen LogP contribution < -0.4 is 4.74 Å². The van der Waals surface area contributed by atoms with E-state index >= 15 is 0 Å². The number of carbonyl (C=O) groups is 1. The fraction of sp³-hybridized carbons (Fsp3) is 0.364. The summed E-state index contributed by atoms with van der Waals surface area (Å²) in [6.45, 7) is 2.37. The van der Waals surface area contributed by atoms with E-state index in [1.807, 2.05) is 6.92 Å². The Bertz CT molecular complexity index is 454. The van der Waals surface area contributed by atoms with Crippen molar-refractivity contribution < 1.29 is 14.3 Å². The van der Waals surface area contributed by atoms with Crippen LogP contribution in [-0.4, -0.2) is 16.4 Å². The molecule has 1 aromatic carbocycles. The van der Waals surface area contributed by atoms with Gasteiger partial charge in [-0.1, -0.05) is 40.9 Å². The average molecular weight is 296 g/mol. The summed E-state index contributed by atoms with van der Waals surface area (Å²) < 4.78 is 8.66. The molecule has 1 aromatic rings. The van der Waals surface area contributed by atoms with E-state index in [0.717, 1.165) is 0 Å². The molecular weight excluding hydrogens is 286 g/mol. The number of esters is 1. The highest BCUT2D eigenvalue weighted by Crippen LogP contribution is 2.47. The van der Waals surface area contributed by atoms with Gasteiger partial charge in [0.05, 0.1) is 12.2 Å². The molecule has 1 aliphatic rings. The van der Waals surface area contributed by atoms with Crippen molar-refractivity contribution in [3.05, 3.63) is 29.3 Å². The highest BCUT2D eigenvalue weighted by Gasteiger charge is 2.44. The molecule has 17 heavy (non-hydrogen) atoms. The number of ether oxygens (including phenoxy) is 2. The lowest BCUT2D eigenvalue weighted by Crippen LogP contribution is -2.16. The summed E-state index contributed by atoms with van der Waals surface area (Å²) in [6, 6.07) is 4.99. The van der Waals surface area contributed by atoms with E-state index < -0.39 is 15.9 Å². The van der Waals surface area contributed by atoms with Gasteiger partial charge in [0.1, 0.15) is 5.75 Å². The Morgan fingerprint density at radius 1 is 1.41 bits per heavy atom. The molecule has 0 aromatic heterocycles. The van der Waals surface area contributed by atoms with Crippen molar-refractivity contribution >= 4 is 40.8 Å². The van der Waals surface area contributed by atoms with Crippen LogP contribution in [0, 0.1) is 0 Å². The van der Waals surface area contributed by atoms with Crippen LogP contribution in [0.1, 0.15) is 28.9 Å². The summed E-state index contributed by atoms with van der Waals surface area (Å²) >= 11 is 17.3. The van der Waals surface area contributed by atoms with Crippen LogP contribution in [0.25, 0.3) is 0 Å². The maximum atomic E-state index is 11.6. The van der Waals surface area contributed by atoms with Crippen LogP contribution in [-0.2, 0) is 4.74 Å². The number of hydrogen-bond acceptors (Lipinski definition) is 3. The van der Waals surface area contributed by atoms with E-state index in [4.69, 9.17) is 44.3 Å². The van der Waals surface area contributed by atoms with Gasteiger partial charge in [0, 0.05) is 5.56 Å². The number of halogens is 3. The predicted octanol–water partition coefficient (Wildman–Crippen LogP) is 3.67. The van der Waals surface area contributed by atoms with E-state index in [-0.39, 0.29) is 0 Å². The zero-order valence-electron chi connectivity index (χ0n) is 8.88. The number of cyclic esters (lactones) is 1. The van der Waals surface area contributed by atoms with E-state index in [2.05, 4.69) is 0 Å². The molecule has 1 unspecified atom stereocenters. The zero-order valence-corrected chi connectivity index (χ0v) is 11.1. The van der Waals surface area contributed by atoms with Gasteiger partial charge in [0.2, 0.25) is 3.79 Å². The van der Waals surface area contributed by atoms with Crippen LogP contribution in [0.4, 0.5) is 0 Å². The van der Waals surface area contributed by atoms with Crippen molar-refractivity contribution in [3.8, 4) is 5.75 Å². The highest BCUT2D eigenvalue weighted by atomic mass is 35.6. The third-order valence-corrected chi connectivity index (χ3v) is 2.95. The Labute approximate surface area is 114 Å². The molecule has 1 heterocycles. The maximum Gasteiger partial charge on any atom is 0.339 e. The predicted molar refractivity (Wildman–Crippen MR) is 66.1 cm³/mol. The van der Waals surface area contributed by atoms with Gasteiger partial charge in [0.15, 0.2) is 6.10 Å². The zero-order chi connectivity index (χ0) is 12.6. The third kappa shape index (κ3) is 2.46. The normalized spacial score (nSPS) is 18.8. The van der Waals surface area contributed by atoms with Crippen molar-refractivity contribution in [2.45, 2.75) is 16.8 Å². The van der Waals surface area contributed by atoms with Crippen molar-refractivity contribution in [1.29, 1.82) is 0 Å². The summed E-state index contributed by atoms with van der Waals surface area (Å²) in [5.41, 5.74) is 0.950. The molecule has 1 atom stereocenters. The number of hydrogen-bond donors (Lipinski definition) is 0. The number of fused-ring (bicyclic) bond motifs is 1. The lowest BCUT2D eigenvalue weighted by molar-refractivity contribution is 0.0393. The molecule has 0 spiro atoms. The van der Waals surface area contributed by atoms with E-state index in [1.54, 1.807) is 18.2 Å². The fourth-order valence-corrected chi connectivity index (χ4v) is 2.16. The van der Waals surface area contributed by atoms with Gasteiger partial charge in [-0.25, -0.2) is 4.79 Å². The van der Waals surface area contributed by atoms with Gasteiger partial charge in [-0.3, -0.25) is 0 Å². The molecule has 0 saturated heterocycles. The van der Waals surface area contributed by atoms with Gasteiger partial charge < -0.3 is 9.47 Å². The molecule has 0 amide bonds. The molecule has 0 aliphatic carbocycles. The Hall–Kier alpha value is -0.640. The van der Waals surface area contributed by atoms with E-state index in [0.29, 0.717) is 23.5 Å². The molecule has 3 nitrogen and oxygen atoms in total. The largest absolute Gasteiger partial charge is 0.494 e. The molecule has 0 radical (unpaired) electrons. The highest BCUT2D eigenvalue weighted by molar-refractivity contribution is 6.68. The fourth-order valence-electron chi connectivity index (χ4n) is 1.67. The molecule has 92 valence electrons. The number of alkyl halides is 3. The van der Waals surface area contributed by atoms with Crippen LogP contribution in [0.3, 0.4) is 0 Å². The topological polar surface area (TPSA) is 35.5 Å². The first-order valence-electron chi connectivity index (χ1n) is 4.98. The van der Waals surface area contributed by atoms with Crippen LogP contribution in [0.5, 0.6) is 5.75 Å². The molecule has 0 bridgehead atoms. The second kappa shape index (κ2) is 4.56. The first-order valence-corrected chi connectivity index (χ1v) is 6.11. The van der Waals surface area contributed by atoms with Gasteiger partial charge in [-0.05, 0) is 19.1 Å². The van der Waals surface area contributed by atoms with Crippen molar-refractivity contribution in [3.63, 3.8) is 0 Å².